The van der Waals surface area contributed by atoms with E-state index in [1.54, 1.807) is 6.20 Å². The van der Waals surface area contributed by atoms with E-state index in [2.05, 4.69) is 15.4 Å². The molecular formula is C23H22N4O. The van der Waals surface area contributed by atoms with Crippen molar-refractivity contribution >= 4 is 16.7 Å². The highest BCUT2D eigenvalue weighted by Crippen LogP contribution is 2.18. The molecule has 0 spiro atoms. The first kappa shape index (κ1) is 17.9. The SMILES string of the molecule is Cc1nn(-c2ccccn2)c(C)c1CCNC(=O)c1ccc2ccccc2c1. The standard InChI is InChI=1S/C23H22N4O/c1-16-21(17(2)27(26-16)22-9-5-6-13-24-22)12-14-25-23(28)20-11-10-18-7-3-4-8-19(18)15-20/h3-11,13,15H,12,14H2,1-2H3,(H,25,28). The number of nitrogens with zero attached hydrogens (tertiary/aromatic N) is 3. The molecule has 2 heterocycles. The van der Waals surface area contributed by atoms with Gasteiger partial charge in [-0.3, -0.25) is 4.79 Å². The lowest BCUT2D eigenvalue weighted by molar-refractivity contribution is 0.0954. The van der Waals surface area contributed by atoms with Crippen LogP contribution < -0.4 is 5.32 Å². The molecule has 28 heavy (non-hydrogen) atoms. The fourth-order valence-electron chi connectivity index (χ4n) is 3.47. The summed E-state index contributed by atoms with van der Waals surface area (Å²) in [5, 5.41) is 9.84. The summed E-state index contributed by atoms with van der Waals surface area (Å²) in [6.07, 6.45) is 2.49. The second kappa shape index (κ2) is 7.64. The van der Waals surface area contributed by atoms with E-state index >= 15 is 0 Å². The van der Waals surface area contributed by atoms with Crippen LogP contribution in [0.2, 0.25) is 0 Å². The van der Waals surface area contributed by atoms with Crippen LogP contribution in [0.4, 0.5) is 0 Å². The van der Waals surface area contributed by atoms with E-state index in [1.807, 2.05) is 79.2 Å². The minimum Gasteiger partial charge on any atom is -0.352 e. The quantitative estimate of drug-likeness (QED) is 0.577. The third-order valence-corrected chi connectivity index (χ3v) is 4.98. The molecular weight excluding hydrogens is 348 g/mol. The topological polar surface area (TPSA) is 59.8 Å². The fraction of sp³-hybridized carbons (Fsp3) is 0.174. The summed E-state index contributed by atoms with van der Waals surface area (Å²) in [6.45, 7) is 4.59. The zero-order valence-corrected chi connectivity index (χ0v) is 16.0. The first-order chi connectivity index (χ1) is 13.6. The average molecular weight is 370 g/mol. The number of hydrogen-bond donors (Lipinski definition) is 1. The fourth-order valence-corrected chi connectivity index (χ4v) is 3.47. The van der Waals surface area contributed by atoms with Gasteiger partial charge >= 0.3 is 0 Å². The van der Waals surface area contributed by atoms with Crippen molar-refractivity contribution in [1.82, 2.24) is 20.1 Å². The summed E-state index contributed by atoms with van der Waals surface area (Å²) in [4.78, 5) is 16.9. The Kier molecular flexibility index (Phi) is 4.89. The number of amides is 1. The van der Waals surface area contributed by atoms with E-state index in [1.165, 1.54) is 0 Å². The van der Waals surface area contributed by atoms with E-state index in [0.717, 1.165) is 40.0 Å². The van der Waals surface area contributed by atoms with Gasteiger partial charge in [-0.2, -0.15) is 5.10 Å². The van der Waals surface area contributed by atoms with Crippen molar-refractivity contribution in [2.75, 3.05) is 6.54 Å². The molecule has 5 nitrogen and oxygen atoms in total. The van der Waals surface area contributed by atoms with Gasteiger partial charge in [0.15, 0.2) is 5.82 Å². The van der Waals surface area contributed by atoms with Gasteiger partial charge in [0.2, 0.25) is 0 Å². The van der Waals surface area contributed by atoms with Gasteiger partial charge in [-0.15, -0.1) is 0 Å². The number of fused-ring (bicyclic) bond motifs is 1. The van der Waals surface area contributed by atoms with Crippen LogP contribution in [0.5, 0.6) is 0 Å². The number of carbonyl (C=O) groups is 1. The summed E-state index contributed by atoms with van der Waals surface area (Å²) in [5.74, 6) is 0.743. The zero-order chi connectivity index (χ0) is 19.5. The van der Waals surface area contributed by atoms with E-state index in [0.29, 0.717) is 12.1 Å². The van der Waals surface area contributed by atoms with Crippen molar-refractivity contribution in [3.63, 3.8) is 0 Å². The molecule has 0 aliphatic rings. The maximum Gasteiger partial charge on any atom is 0.251 e. The van der Waals surface area contributed by atoms with E-state index in [4.69, 9.17) is 0 Å². The molecule has 0 aliphatic carbocycles. The molecule has 2 aromatic carbocycles. The van der Waals surface area contributed by atoms with Crippen LogP contribution in [-0.4, -0.2) is 27.2 Å². The van der Waals surface area contributed by atoms with E-state index in [9.17, 15) is 4.79 Å². The van der Waals surface area contributed by atoms with Crippen molar-refractivity contribution < 1.29 is 4.79 Å². The monoisotopic (exact) mass is 370 g/mol. The predicted octanol–water partition coefficient (Wildman–Crippen LogP) is 4.01. The highest BCUT2D eigenvalue weighted by atomic mass is 16.1. The molecule has 1 amide bonds. The Morgan fingerprint density at radius 1 is 1.00 bits per heavy atom. The summed E-state index contributed by atoms with van der Waals surface area (Å²) in [5.41, 5.74) is 3.83. The molecule has 4 aromatic rings. The lowest BCUT2D eigenvalue weighted by Gasteiger charge is -2.07. The highest BCUT2D eigenvalue weighted by molar-refractivity contribution is 5.98. The van der Waals surface area contributed by atoms with E-state index < -0.39 is 0 Å². The van der Waals surface area contributed by atoms with Gasteiger partial charge in [-0.05, 0) is 60.9 Å². The Labute approximate surface area is 164 Å². The van der Waals surface area contributed by atoms with Gasteiger partial charge in [-0.1, -0.05) is 36.4 Å². The molecule has 0 radical (unpaired) electrons. The number of nitrogens with one attached hydrogen (secondary N) is 1. The zero-order valence-electron chi connectivity index (χ0n) is 16.0. The number of carbonyl (C=O) groups excluding carboxylic acids is 1. The van der Waals surface area contributed by atoms with Crippen molar-refractivity contribution in [1.29, 1.82) is 0 Å². The Morgan fingerprint density at radius 3 is 2.57 bits per heavy atom. The molecule has 0 unspecified atom stereocenters. The third-order valence-electron chi connectivity index (χ3n) is 4.98. The number of benzene rings is 2. The van der Waals surface area contributed by atoms with Gasteiger partial charge in [0.1, 0.15) is 0 Å². The van der Waals surface area contributed by atoms with Gasteiger partial charge in [0.25, 0.3) is 5.91 Å². The number of aryl methyl sites for hydroxylation is 1. The predicted molar refractivity (Wildman–Crippen MR) is 111 cm³/mol. The highest BCUT2D eigenvalue weighted by Gasteiger charge is 2.14. The second-order valence-electron chi connectivity index (χ2n) is 6.82. The van der Waals surface area contributed by atoms with Crippen LogP contribution in [0.3, 0.4) is 0 Å². The van der Waals surface area contributed by atoms with Crippen LogP contribution in [0.1, 0.15) is 27.3 Å². The Bertz CT molecular complexity index is 1130. The summed E-state index contributed by atoms with van der Waals surface area (Å²) >= 11 is 0. The van der Waals surface area contributed by atoms with Gasteiger partial charge in [0, 0.05) is 24.0 Å². The van der Waals surface area contributed by atoms with Gasteiger partial charge in [0.05, 0.1) is 5.69 Å². The third kappa shape index (κ3) is 3.51. The minimum atomic E-state index is -0.0572. The molecule has 0 atom stereocenters. The largest absolute Gasteiger partial charge is 0.352 e. The Morgan fingerprint density at radius 2 is 1.79 bits per heavy atom. The molecule has 0 fully saturated rings. The van der Waals surface area contributed by atoms with Crippen LogP contribution in [0, 0.1) is 13.8 Å². The Balaban J connectivity index is 1.45. The van der Waals surface area contributed by atoms with Gasteiger partial charge < -0.3 is 5.32 Å². The normalized spacial score (nSPS) is 10.9. The first-order valence-electron chi connectivity index (χ1n) is 9.37. The van der Waals surface area contributed by atoms with Gasteiger partial charge in [-0.25, -0.2) is 9.67 Å². The average Bonchev–Trinajstić information content (AvgIpc) is 3.02. The number of hydrogen-bond acceptors (Lipinski definition) is 3. The van der Waals surface area contributed by atoms with Crippen LogP contribution in [0.15, 0.2) is 66.9 Å². The summed E-state index contributed by atoms with van der Waals surface area (Å²) < 4.78 is 1.86. The molecule has 0 saturated carbocycles. The smallest absolute Gasteiger partial charge is 0.251 e. The number of pyridine rings is 1. The Hall–Kier alpha value is -3.47. The molecule has 2 aromatic heterocycles. The van der Waals surface area contributed by atoms with Crippen LogP contribution >= 0.6 is 0 Å². The summed E-state index contributed by atoms with van der Waals surface area (Å²) in [7, 11) is 0. The van der Waals surface area contributed by atoms with Crippen molar-refractivity contribution in [3.8, 4) is 5.82 Å². The maximum atomic E-state index is 12.5. The lowest BCUT2D eigenvalue weighted by atomic mass is 10.1. The van der Waals surface area contributed by atoms with Crippen LogP contribution in [0.25, 0.3) is 16.6 Å². The molecule has 140 valence electrons. The molecule has 5 heteroatoms. The van der Waals surface area contributed by atoms with Crippen molar-refractivity contribution in [2.24, 2.45) is 0 Å². The van der Waals surface area contributed by atoms with Crippen LogP contribution in [-0.2, 0) is 6.42 Å². The van der Waals surface area contributed by atoms with Crippen molar-refractivity contribution in [2.45, 2.75) is 20.3 Å². The molecule has 1 N–H and O–H groups in total. The second-order valence-corrected chi connectivity index (χ2v) is 6.82. The minimum absolute atomic E-state index is 0.0572. The van der Waals surface area contributed by atoms with Crippen molar-refractivity contribution in [3.05, 3.63) is 89.4 Å². The lowest BCUT2D eigenvalue weighted by Crippen LogP contribution is -2.25. The number of aromatic nitrogens is 3. The van der Waals surface area contributed by atoms with E-state index in [-0.39, 0.29) is 5.91 Å². The molecule has 0 aliphatic heterocycles. The maximum absolute atomic E-state index is 12.5. The first-order valence-corrected chi connectivity index (χ1v) is 9.37. The molecule has 0 bridgehead atoms. The number of rotatable bonds is 5. The molecule has 0 saturated heterocycles. The summed E-state index contributed by atoms with van der Waals surface area (Å²) in [6, 6.07) is 19.6. The molecule has 4 rings (SSSR count).